The van der Waals surface area contributed by atoms with E-state index in [2.05, 4.69) is 16.2 Å². The zero-order valence-corrected chi connectivity index (χ0v) is 7.79. The van der Waals surface area contributed by atoms with Gasteiger partial charge in [-0.15, -0.1) is 9.24 Å². The van der Waals surface area contributed by atoms with Crippen LogP contribution in [0.25, 0.3) is 0 Å². The summed E-state index contributed by atoms with van der Waals surface area (Å²) in [4.78, 5) is 10.5. The molecular weight excluding hydrogens is 163 g/mol. The van der Waals surface area contributed by atoms with Gasteiger partial charge in [-0.2, -0.15) is 0 Å². The van der Waals surface area contributed by atoms with E-state index >= 15 is 0 Å². The van der Waals surface area contributed by atoms with Gasteiger partial charge in [-0.3, -0.25) is 0 Å². The average molecular weight is 176 g/mol. The first-order chi connectivity index (χ1) is 5.22. The molecule has 0 N–H and O–H groups in total. The second-order valence-electron chi connectivity index (χ2n) is 2.89. The molecule has 0 aromatic heterocycles. The normalized spacial score (nSPS) is 22.2. The largest absolute Gasteiger partial charge is 0.508 e. The van der Waals surface area contributed by atoms with Crippen molar-refractivity contribution in [2.45, 2.75) is 13.3 Å². The van der Waals surface area contributed by atoms with Crippen molar-refractivity contribution in [1.29, 1.82) is 0 Å². The first kappa shape index (κ1) is 8.79. The molecule has 0 aromatic rings. The zero-order valence-electron chi connectivity index (χ0n) is 6.63. The molecule has 0 saturated carbocycles. The van der Waals surface area contributed by atoms with Crippen LogP contribution in [0.15, 0.2) is 0 Å². The molecule has 0 aromatic carbocycles. The molecule has 4 heteroatoms. The Morgan fingerprint density at radius 2 is 2.09 bits per heavy atom. The van der Waals surface area contributed by atoms with Gasteiger partial charge < -0.3 is 9.47 Å². The van der Waals surface area contributed by atoms with E-state index in [0.29, 0.717) is 13.2 Å². The van der Waals surface area contributed by atoms with Gasteiger partial charge >= 0.3 is 6.16 Å². The van der Waals surface area contributed by atoms with E-state index in [0.717, 1.165) is 12.6 Å². The molecule has 1 heterocycles. The van der Waals surface area contributed by atoms with Crippen molar-refractivity contribution in [1.82, 2.24) is 0 Å². The molecular formula is C7H13O3P. The Hall–Kier alpha value is -0.300. The fourth-order valence-electron chi connectivity index (χ4n) is 0.974. The number of ether oxygens (including phenoxy) is 2. The average Bonchev–Trinajstić information content (AvgIpc) is 2.07. The van der Waals surface area contributed by atoms with Gasteiger partial charge in [0.25, 0.3) is 0 Å². The van der Waals surface area contributed by atoms with E-state index < -0.39 is 6.16 Å². The van der Waals surface area contributed by atoms with Crippen molar-refractivity contribution in [2.75, 3.05) is 19.4 Å². The minimum atomic E-state index is -0.535. The maximum Gasteiger partial charge on any atom is 0.508 e. The predicted octanol–water partition coefficient (Wildman–Crippen LogP) is 1.42. The second-order valence-corrected chi connectivity index (χ2v) is 3.29. The van der Waals surface area contributed by atoms with Gasteiger partial charge in [-0.25, -0.2) is 4.79 Å². The maximum atomic E-state index is 10.5. The van der Waals surface area contributed by atoms with Crippen LogP contribution in [0.3, 0.4) is 0 Å². The van der Waals surface area contributed by atoms with Crippen LogP contribution in [0, 0.1) is 5.41 Å². The maximum absolute atomic E-state index is 10.5. The lowest BCUT2D eigenvalue weighted by Crippen LogP contribution is -2.40. The summed E-state index contributed by atoms with van der Waals surface area (Å²) in [5.74, 6) is 0. The molecule has 0 spiro atoms. The van der Waals surface area contributed by atoms with Crippen LogP contribution in [0.2, 0.25) is 0 Å². The molecule has 11 heavy (non-hydrogen) atoms. The SMILES string of the molecule is CCC1(CP)COC(=O)OC1. The van der Waals surface area contributed by atoms with Gasteiger partial charge in [0.05, 0.1) is 0 Å². The molecule has 64 valence electrons. The minimum Gasteiger partial charge on any atom is -0.434 e. The van der Waals surface area contributed by atoms with E-state index in [9.17, 15) is 4.79 Å². The van der Waals surface area contributed by atoms with Crippen LogP contribution < -0.4 is 0 Å². The van der Waals surface area contributed by atoms with Gasteiger partial charge in [0, 0.05) is 5.41 Å². The second kappa shape index (κ2) is 3.40. The van der Waals surface area contributed by atoms with Gasteiger partial charge in [-0.05, 0) is 12.6 Å². The van der Waals surface area contributed by atoms with E-state index in [4.69, 9.17) is 9.47 Å². The third-order valence-corrected chi connectivity index (χ3v) is 3.04. The molecule has 3 nitrogen and oxygen atoms in total. The lowest BCUT2D eigenvalue weighted by atomic mass is 9.89. The molecule has 1 saturated heterocycles. The third-order valence-electron chi connectivity index (χ3n) is 2.18. The minimum absolute atomic E-state index is 0.0403. The Balaban J connectivity index is 2.52. The summed E-state index contributed by atoms with van der Waals surface area (Å²) in [6, 6.07) is 0. The Labute approximate surface area is 68.6 Å². The summed E-state index contributed by atoms with van der Waals surface area (Å²) >= 11 is 0. The Bertz CT molecular complexity index is 142. The first-order valence-corrected chi connectivity index (χ1v) is 4.54. The molecule has 1 rings (SSSR count). The Morgan fingerprint density at radius 3 is 2.45 bits per heavy atom. The topological polar surface area (TPSA) is 35.5 Å². The highest BCUT2D eigenvalue weighted by Gasteiger charge is 2.34. The zero-order chi connectivity index (χ0) is 8.32. The molecule has 1 atom stereocenters. The molecule has 0 aliphatic carbocycles. The fraction of sp³-hybridized carbons (Fsp3) is 0.857. The van der Waals surface area contributed by atoms with Crippen molar-refractivity contribution in [3.63, 3.8) is 0 Å². The van der Waals surface area contributed by atoms with Crippen molar-refractivity contribution in [3.8, 4) is 0 Å². The quantitative estimate of drug-likeness (QED) is 0.471. The number of carbonyl (C=O) groups excluding carboxylic acids is 1. The summed E-state index contributed by atoms with van der Waals surface area (Å²) in [6.07, 6.45) is 1.35. The van der Waals surface area contributed by atoms with E-state index in [1.165, 1.54) is 0 Å². The lowest BCUT2D eigenvalue weighted by molar-refractivity contribution is -0.0513. The highest BCUT2D eigenvalue weighted by atomic mass is 31.0. The summed E-state index contributed by atoms with van der Waals surface area (Å²) < 4.78 is 9.60. The smallest absolute Gasteiger partial charge is 0.434 e. The Kier molecular flexibility index (Phi) is 2.72. The molecule has 0 amide bonds. The van der Waals surface area contributed by atoms with Gasteiger partial charge in [0.2, 0.25) is 0 Å². The molecule has 0 radical (unpaired) electrons. The number of hydrogen-bond donors (Lipinski definition) is 0. The van der Waals surface area contributed by atoms with E-state index in [1.54, 1.807) is 0 Å². The molecule has 1 aliphatic rings. The number of carbonyl (C=O) groups is 1. The summed E-state index contributed by atoms with van der Waals surface area (Å²) in [7, 11) is 2.66. The molecule has 1 unspecified atom stereocenters. The molecule has 0 bridgehead atoms. The highest BCUT2D eigenvalue weighted by molar-refractivity contribution is 7.16. The summed E-state index contributed by atoms with van der Waals surface area (Å²) in [6.45, 7) is 3.06. The monoisotopic (exact) mass is 176 g/mol. The number of hydrogen-bond acceptors (Lipinski definition) is 3. The summed E-state index contributed by atoms with van der Waals surface area (Å²) in [5.41, 5.74) is 0.0403. The standard InChI is InChI=1S/C7H13O3P/c1-2-7(5-11)3-9-6(8)10-4-7/h2-5,11H2,1H3. The summed E-state index contributed by atoms with van der Waals surface area (Å²) in [5, 5.41) is 0. The Morgan fingerprint density at radius 1 is 1.55 bits per heavy atom. The van der Waals surface area contributed by atoms with Crippen LogP contribution in [0.5, 0.6) is 0 Å². The van der Waals surface area contributed by atoms with Crippen molar-refractivity contribution in [3.05, 3.63) is 0 Å². The van der Waals surface area contributed by atoms with Crippen LogP contribution >= 0.6 is 9.24 Å². The van der Waals surface area contributed by atoms with Gasteiger partial charge in [0.1, 0.15) is 13.2 Å². The van der Waals surface area contributed by atoms with E-state index in [-0.39, 0.29) is 5.41 Å². The van der Waals surface area contributed by atoms with Crippen LogP contribution in [0.4, 0.5) is 4.79 Å². The van der Waals surface area contributed by atoms with Crippen LogP contribution in [-0.2, 0) is 9.47 Å². The number of rotatable bonds is 2. The molecule has 1 aliphatic heterocycles. The molecule has 1 fully saturated rings. The third kappa shape index (κ3) is 1.84. The van der Waals surface area contributed by atoms with Crippen molar-refractivity contribution >= 4 is 15.4 Å². The van der Waals surface area contributed by atoms with Gasteiger partial charge in [-0.1, -0.05) is 6.92 Å². The highest BCUT2D eigenvalue weighted by Crippen LogP contribution is 2.28. The van der Waals surface area contributed by atoms with E-state index in [1.807, 2.05) is 0 Å². The fourth-order valence-corrected chi connectivity index (χ4v) is 1.50. The lowest BCUT2D eigenvalue weighted by Gasteiger charge is -2.33. The number of cyclic esters (lactones) is 2. The predicted molar refractivity (Wildman–Crippen MR) is 44.6 cm³/mol. The van der Waals surface area contributed by atoms with Crippen molar-refractivity contribution in [2.24, 2.45) is 5.41 Å². The van der Waals surface area contributed by atoms with Gasteiger partial charge in [0.15, 0.2) is 0 Å². The van der Waals surface area contributed by atoms with Crippen LogP contribution in [-0.4, -0.2) is 25.5 Å². The first-order valence-electron chi connectivity index (χ1n) is 3.72. The van der Waals surface area contributed by atoms with Crippen molar-refractivity contribution < 1.29 is 14.3 Å². The van der Waals surface area contributed by atoms with Crippen LogP contribution in [0.1, 0.15) is 13.3 Å².